The van der Waals surface area contributed by atoms with Gasteiger partial charge < -0.3 is 9.88 Å². The number of benzene rings is 2. The molecule has 7 nitrogen and oxygen atoms in total. The molecule has 0 spiro atoms. The zero-order chi connectivity index (χ0) is 21.5. The van der Waals surface area contributed by atoms with E-state index in [0.29, 0.717) is 28.8 Å². The number of piperidine rings is 1. The Hall–Kier alpha value is -4.00. The lowest BCUT2D eigenvalue weighted by Crippen LogP contribution is -2.52. The number of ketones is 1. The van der Waals surface area contributed by atoms with Gasteiger partial charge in [-0.25, -0.2) is 0 Å². The molecule has 2 aromatic carbocycles. The van der Waals surface area contributed by atoms with Gasteiger partial charge in [0, 0.05) is 29.8 Å². The molecule has 31 heavy (non-hydrogen) atoms. The molecule has 0 radical (unpaired) electrons. The van der Waals surface area contributed by atoms with Crippen LogP contribution < -0.4 is 5.32 Å². The quantitative estimate of drug-likeness (QED) is 0.507. The standard InChI is InChI=1S/C24H19N3O4/c28-21-11-10-20(23(30)26-21)27-13-16-12-15(6-7-17(16)24(27)31)22(29)19-9-8-18(25-19)14-4-2-1-3-5-14/h1-9,12,20,25H,10-11,13H2,(H,26,28,30). The molecule has 3 aromatic rings. The summed E-state index contributed by atoms with van der Waals surface area (Å²) in [6.45, 7) is 0.238. The Balaban J connectivity index is 1.38. The lowest BCUT2D eigenvalue weighted by molar-refractivity contribution is -0.136. The van der Waals surface area contributed by atoms with Gasteiger partial charge in [0.05, 0.1) is 5.69 Å². The first kappa shape index (κ1) is 19.0. The predicted molar refractivity (Wildman–Crippen MR) is 112 cm³/mol. The number of hydrogen-bond donors (Lipinski definition) is 2. The van der Waals surface area contributed by atoms with Crippen molar-refractivity contribution < 1.29 is 19.2 Å². The van der Waals surface area contributed by atoms with Crippen LogP contribution in [0.25, 0.3) is 11.3 Å². The maximum Gasteiger partial charge on any atom is 0.255 e. The molecule has 154 valence electrons. The second-order valence-corrected chi connectivity index (χ2v) is 7.75. The van der Waals surface area contributed by atoms with Gasteiger partial charge in [-0.05, 0) is 41.8 Å². The largest absolute Gasteiger partial charge is 0.352 e. The third-order valence-corrected chi connectivity index (χ3v) is 5.80. The van der Waals surface area contributed by atoms with Crippen LogP contribution in [0.15, 0.2) is 60.7 Å². The number of fused-ring (bicyclic) bond motifs is 1. The molecule has 1 fully saturated rings. The number of carbonyl (C=O) groups is 4. The average Bonchev–Trinajstić information content (AvgIpc) is 3.39. The minimum Gasteiger partial charge on any atom is -0.352 e. The zero-order valence-electron chi connectivity index (χ0n) is 16.6. The fourth-order valence-electron chi connectivity index (χ4n) is 4.18. The first-order chi connectivity index (χ1) is 15.0. The fraction of sp³-hybridized carbons (Fsp3) is 0.167. The van der Waals surface area contributed by atoms with Gasteiger partial charge in [0.25, 0.3) is 5.91 Å². The molecule has 0 bridgehead atoms. The van der Waals surface area contributed by atoms with Crippen LogP contribution >= 0.6 is 0 Å². The Kier molecular flexibility index (Phi) is 4.51. The molecular weight excluding hydrogens is 394 g/mol. The summed E-state index contributed by atoms with van der Waals surface area (Å²) < 4.78 is 0. The van der Waals surface area contributed by atoms with Crippen LogP contribution in [0, 0.1) is 0 Å². The van der Waals surface area contributed by atoms with E-state index in [0.717, 1.165) is 11.3 Å². The minimum absolute atomic E-state index is 0.170. The monoisotopic (exact) mass is 413 g/mol. The van der Waals surface area contributed by atoms with Gasteiger partial charge in [0.2, 0.25) is 17.6 Å². The lowest BCUT2D eigenvalue weighted by atomic mass is 10.0. The third-order valence-electron chi connectivity index (χ3n) is 5.80. The smallest absolute Gasteiger partial charge is 0.255 e. The van der Waals surface area contributed by atoms with E-state index >= 15 is 0 Å². The van der Waals surface area contributed by atoms with Crippen molar-refractivity contribution >= 4 is 23.5 Å². The SMILES string of the molecule is O=C1CCC(N2Cc3cc(C(=O)c4ccc(-c5ccccc5)[nH]4)ccc3C2=O)C(=O)N1. The van der Waals surface area contributed by atoms with Crippen LogP contribution in [0.4, 0.5) is 0 Å². The van der Waals surface area contributed by atoms with E-state index in [1.165, 1.54) is 4.90 Å². The Morgan fingerprint density at radius 1 is 0.968 bits per heavy atom. The number of nitrogens with one attached hydrogen (secondary N) is 2. The summed E-state index contributed by atoms with van der Waals surface area (Å²) in [4.78, 5) is 54.0. The van der Waals surface area contributed by atoms with Crippen LogP contribution in [0.3, 0.4) is 0 Å². The lowest BCUT2D eigenvalue weighted by Gasteiger charge is -2.29. The number of hydrogen-bond acceptors (Lipinski definition) is 4. The van der Waals surface area contributed by atoms with Crippen molar-refractivity contribution in [3.8, 4) is 11.3 Å². The molecule has 1 aromatic heterocycles. The number of rotatable bonds is 4. The van der Waals surface area contributed by atoms with E-state index in [2.05, 4.69) is 10.3 Å². The minimum atomic E-state index is -0.673. The molecule has 1 atom stereocenters. The van der Waals surface area contributed by atoms with Crippen molar-refractivity contribution in [2.75, 3.05) is 0 Å². The van der Waals surface area contributed by atoms with E-state index in [-0.39, 0.29) is 30.6 Å². The van der Waals surface area contributed by atoms with Crippen molar-refractivity contribution in [3.05, 3.63) is 83.0 Å². The van der Waals surface area contributed by atoms with Gasteiger partial charge in [-0.3, -0.25) is 24.5 Å². The van der Waals surface area contributed by atoms with E-state index in [4.69, 9.17) is 0 Å². The summed E-state index contributed by atoms with van der Waals surface area (Å²) in [6, 6.07) is 17.7. The maximum absolute atomic E-state index is 13.0. The Bertz CT molecular complexity index is 1230. The highest BCUT2D eigenvalue weighted by molar-refractivity contribution is 6.10. The first-order valence-corrected chi connectivity index (χ1v) is 10.1. The first-order valence-electron chi connectivity index (χ1n) is 10.1. The van der Waals surface area contributed by atoms with Gasteiger partial charge >= 0.3 is 0 Å². The fourth-order valence-corrected chi connectivity index (χ4v) is 4.18. The molecule has 5 rings (SSSR count). The summed E-state index contributed by atoms with van der Waals surface area (Å²) in [7, 11) is 0. The molecule has 2 aliphatic rings. The maximum atomic E-state index is 13.0. The van der Waals surface area contributed by atoms with Crippen LogP contribution in [0.1, 0.15) is 44.8 Å². The summed E-state index contributed by atoms with van der Waals surface area (Å²) in [5.41, 5.74) is 3.96. The highest BCUT2D eigenvalue weighted by Crippen LogP contribution is 2.29. The van der Waals surface area contributed by atoms with Crippen molar-refractivity contribution in [2.45, 2.75) is 25.4 Å². The summed E-state index contributed by atoms with van der Waals surface area (Å²) in [6.07, 6.45) is 0.512. The molecular formula is C24H19N3O4. The van der Waals surface area contributed by atoms with Crippen LogP contribution in [0.5, 0.6) is 0 Å². The second kappa shape index (κ2) is 7.36. The molecule has 1 saturated heterocycles. The number of aromatic nitrogens is 1. The number of aromatic amines is 1. The molecule has 7 heteroatoms. The summed E-state index contributed by atoms with van der Waals surface area (Å²) >= 11 is 0. The Labute approximate surface area is 178 Å². The Morgan fingerprint density at radius 3 is 2.55 bits per heavy atom. The molecule has 3 amide bonds. The van der Waals surface area contributed by atoms with Crippen molar-refractivity contribution in [3.63, 3.8) is 0 Å². The zero-order valence-corrected chi connectivity index (χ0v) is 16.6. The van der Waals surface area contributed by atoms with E-state index in [1.807, 2.05) is 36.4 Å². The molecule has 0 saturated carbocycles. The summed E-state index contributed by atoms with van der Waals surface area (Å²) in [5.74, 6) is -1.20. The Morgan fingerprint density at radius 2 is 1.77 bits per heavy atom. The topological polar surface area (TPSA) is 99.3 Å². The number of nitrogens with zero attached hydrogens (tertiary/aromatic N) is 1. The van der Waals surface area contributed by atoms with E-state index < -0.39 is 11.9 Å². The van der Waals surface area contributed by atoms with Crippen LogP contribution in [-0.4, -0.2) is 39.4 Å². The van der Waals surface area contributed by atoms with Crippen LogP contribution in [-0.2, 0) is 16.1 Å². The second-order valence-electron chi connectivity index (χ2n) is 7.75. The molecule has 1 unspecified atom stereocenters. The normalized spacial score (nSPS) is 18.1. The van der Waals surface area contributed by atoms with Gasteiger partial charge in [-0.2, -0.15) is 0 Å². The third kappa shape index (κ3) is 3.34. The highest BCUT2D eigenvalue weighted by Gasteiger charge is 2.39. The van der Waals surface area contributed by atoms with Crippen LogP contribution in [0.2, 0.25) is 0 Å². The predicted octanol–water partition coefficient (Wildman–Crippen LogP) is 2.67. The van der Waals surface area contributed by atoms with Gasteiger partial charge in [0.15, 0.2) is 0 Å². The highest BCUT2D eigenvalue weighted by atomic mass is 16.2. The molecule has 3 heterocycles. The van der Waals surface area contributed by atoms with Gasteiger partial charge in [0.1, 0.15) is 6.04 Å². The van der Waals surface area contributed by atoms with Gasteiger partial charge in [-0.15, -0.1) is 0 Å². The average molecular weight is 413 g/mol. The molecule has 2 N–H and O–H groups in total. The van der Waals surface area contributed by atoms with E-state index in [1.54, 1.807) is 24.3 Å². The van der Waals surface area contributed by atoms with Crippen molar-refractivity contribution in [1.29, 1.82) is 0 Å². The van der Waals surface area contributed by atoms with E-state index in [9.17, 15) is 19.2 Å². The molecule has 2 aliphatic heterocycles. The van der Waals surface area contributed by atoms with Gasteiger partial charge in [-0.1, -0.05) is 36.4 Å². The van der Waals surface area contributed by atoms with Crippen molar-refractivity contribution in [1.82, 2.24) is 15.2 Å². The number of carbonyl (C=O) groups excluding carboxylic acids is 4. The molecule has 0 aliphatic carbocycles. The number of amides is 3. The summed E-state index contributed by atoms with van der Waals surface area (Å²) in [5, 5.41) is 2.29. The number of imide groups is 1. The number of H-pyrrole nitrogens is 1. The van der Waals surface area contributed by atoms with Crippen molar-refractivity contribution in [2.24, 2.45) is 0 Å².